The molecule has 0 spiro atoms. The molecule has 0 saturated heterocycles. The van der Waals surface area contributed by atoms with Crippen molar-refractivity contribution in [3.05, 3.63) is 58.6 Å². The quantitative estimate of drug-likeness (QED) is 0.818. The first-order valence-corrected chi connectivity index (χ1v) is 6.82. The molecule has 0 aliphatic rings. The minimum Gasteiger partial charge on any atom is -0.489 e. The van der Waals surface area contributed by atoms with Crippen LogP contribution in [-0.4, -0.2) is 0 Å². The Kier molecular flexibility index (Phi) is 4.69. The molecule has 0 saturated carbocycles. The average Bonchev–Trinajstić information content (AvgIpc) is 2.40. The van der Waals surface area contributed by atoms with Crippen molar-refractivity contribution in [3.63, 3.8) is 0 Å². The molecule has 0 amide bonds. The number of halogens is 1. The molecule has 0 bridgehead atoms. The Bertz CT molecular complexity index is 537. The molecule has 0 heterocycles. The van der Waals surface area contributed by atoms with Crippen molar-refractivity contribution in [2.24, 2.45) is 0 Å². The van der Waals surface area contributed by atoms with Crippen LogP contribution in [0.3, 0.4) is 0 Å². The fourth-order valence-corrected chi connectivity index (χ4v) is 2.08. The predicted molar refractivity (Wildman–Crippen MR) is 80.6 cm³/mol. The second kappa shape index (κ2) is 6.48. The van der Waals surface area contributed by atoms with E-state index in [1.54, 1.807) is 6.07 Å². The van der Waals surface area contributed by atoms with Crippen LogP contribution in [0.4, 0.5) is 5.69 Å². The predicted octanol–water partition coefficient (Wildman–Crippen LogP) is 4.45. The van der Waals surface area contributed by atoms with Crippen molar-refractivity contribution >= 4 is 17.3 Å². The van der Waals surface area contributed by atoms with Crippen molar-refractivity contribution in [2.75, 3.05) is 5.73 Å². The molecule has 0 aliphatic heterocycles. The second-order valence-electron chi connectivity index (χ2n) is 4.53. The normalized spacial score (nSPS) is 10.4. The highest BCUT2D eigenvalue weighted by atomic mass is 35.5. The van der Waals surface area contributed by atoms with Gasteiger partial charge in [-0.15, -0.1) is 0 Å². The highest BCUT2D eigenvalue weighted by molar-refractivity contribution is 6.30. The molecule has 0 atom stereocenters. The number of nitrogens with two attached hydrogens (primary N) is 1. The van der Waals surface area contributed by atoms with E-state index in [1.807, 2.05) is 24.3 Å². The zero-order valence-electron chi connectivity index (χ0n) is 11.0. The van der Waals surface area contributed by atoms with Gasteiger partial charge in [-0.1, -0.05) is 43.1 Å². The number of nitrogen functional groups attached to an aromatic ring is 1. The summed E-state index contributed by atoms with van der Waals surface area (Å²) in [7, 11) is 0. The van der Waals surface area contributed by atoms with Crippen LogP contribution in [0.5, 0.6) is 5.75 Å². The highest BCUT2D eigenvalue weighted by Crippen LogP contribution is 2.20. The van der Waals surface area contributed by atoms with Gasteiger partial charge in [0.1, 0.15) is 12.4 Å². The molecule has 3 heteroatoms. The molecule has 100 valence electrons. The lowest BCUT2D eigenvalue weighted by atomic mass is 10.1. The lowest BCUT2D eigenvalue weighted by Gasteiger charge is -2.09. The van der Waals surface area contributed by atoms with E-state index in [9.17, 15) is 0 Å². The molecule has 2 rings (SSSR count). The van der Waals surface area contributed by atoms with Gasteiger partial charge in [0.05, 0.1) is 0 Å². The van der Waals surface area contributed by atoms with Gasteiger partial charge in [0, 0.05) is 16.3 Å². The first kappa shape index (κ1) is 13.8. The maximum absolute atomic E-state index is 5.88. The Morgan fingerprint density at radius 3 is 2.47 bits per heavy atom. The van der Waals surface area contributed by atoms with Crippen LogP contribution in [0.25, 0.3) is 0 Å². The molecule has 19 heavy (non-hydrogen) atoms. The fourth-order valence-electron chi connectivity index (χ4n) is 1.90. The van der Waals surface area contributed by atoms with Crippen molar-refractivity contribution in [2.45, 2.75) is 26.4 Å². The van der Waals surface area contributed by atoms with Gasteiger partial charge in [-0.2, -0.15) is 0 Å². The third-order valence-electron chi connectivity index (χ3n) is 2.96. The first-order valence-electron chi connectivity index (χ1n) is 6.44. The second-order valence-corrected chi connectivity index (χ2v) is 4.96. The molecular weight excluding hydrogens is 258 g/mol. The Morgan fingerprint density at radius 1 is 1.11 bits per heavy atom. The van der Waals surface area contributed by atoms with Crippen molar-refractivity contribution in [3.8, 4) is 5.75 Å². The van der Waals surface area contributed by atoms with Crippen molar-refractivity contribution in [1.29, 1.82) is 0 Å². The van der Waals surface area contributed by atoms with Crippen LogP contribution >= 0.6 is 11.6 Å². The summed E-state index contributed by atoms with van der Waals surface area (Å²) in [5.74, 6) is 0.856. The summed E-state index contributed by atoms with van der Waals surface area (Å²) in [6.45, 7) is 2.63. The monoisotopic (exact) mass is 275 g/mol. The lowest BCUT2D eigenvalue weighted by Crippen LogP contribution is -2.00. The number of ether oxygens (including phenoxy) is 1. The van der Waals surface area contributed by atoms with Gasteiger partial charge in [-0.25, -0.2) is 0 Å². The summed E-state index contributed by atoms with van der Waals surface area (Å²) in [5.41, 5.74) is 8.83. The van der Waals surface area contributed by atoms with E-state index >= 15 is 0 Å². The third-order valence-corrected chi connectivity index (χ3v) is 3.20. The van der Waals surface area contributed by atoms with E-state index in [2.05, 4.69) is 19.1 Å². The van der Waals surface area contributed by atoms with E-state index in [0.717, 1.165) is 24.2 Å². The number of anilines is 1. The van der Waals surface area contributed by atoms with Gasteiger partial charge in [0.25, 0.3) is 0 Å². The van der Waals surface area contributed by atoms with Gasteiger partial charge >= 0.3 is 0 Å². The molecular formula is C16H18ClNO. The maximum Gasteiger partial charge on any atom is 0.119 e. The fraction of sp³-hybridized carbons (Fsp3) is 0.250. The van der Waals surface area contributed by atoms with E-state index in [4.69, 9.17) is 22.1 Å². The first-order chi connectivity index (χ1) is 9.19. The summed E-state index contributed by atoms with van der Waals surface area (Å²) in [5, 5.41) is 0.644. The summed E-state index contributed by atoms with van der Waals surface area (Å²) in [6.07, 6.45) is 2.26. The zero-order chi connectivity index (χ0) is 13.7. The van der Waals surface area contributed by atoms with E-state index in [0.29, 0.717) is 17.3 Å². The largest absolute Gasteiger partial charge is 0.489 e. The highest BCUT2D eigenvalue weighted by Gasteiger charge is 2.01. The smallest absolute Gasteiger partial charge is 0.119 e. The van der Waals surface area contributed by atoms with Crippen molar-refractivity contribution in [1.82, 2.24) is 0 Å². The number of hydrogen-bond acceptors (Lipinski definition) is 2. The topological polar surface area (TPSA) is 35.2 Å². The molecule has 2 N–H and O–H groups in total. The van der Waals surface area contributed by atoms with Gasteiger partial charge < -0.3 is 10.5 Å². The van der Waals surface area contributed by atoms with Crippen LogP contribution in [0, 0.1) is 0 Å². The van der Waals surface area contributed by atoms with Crippen LogP contribution in [-0.2, 0) is 13.0 Å². The van der Waals surface area contributed by atoms with Crippen molar-refractivity contribution < 1.29 is 4.74 Å². The molecule has 0 unspecified atom stereocenters. The van der Waals surface area contributed by atoms with Gasteiger partial charge in [0.15, 0.2) is 0 Å². The minimum atomic E-state index is 0.454. The zero-order valence-corrected chi connectivity index (χ0v) is 11.8. The average molecular weight is 276 g/mol. The van der Waals surface area contributed by atoms with Gasteiger partial charge in [-0.3, -0.25) is 0 Å². The molecule has 0 aliphatic carbocycles. The Balaban J connectivity index is 1.98. The van der Waals surface area contributed by atoms with E-state index < -0.39 is 0 Å². The summed E-state index contributed by atoms with van der Waals surface area (Å²) in [6, 6.07) is 13.6. The molecule has 2 nitrogen and oxygen atoms in total. The standard InChI is InChI=1S/C16H18ClNO/c1-2-3-12-4-8-15(9-5-12)19-11-13-6-7-14(17)10-16(13)18/h4-10H,2-3,11,18H2,1H3. The maximum atomic E-state index is 5.88. The number of hydrogen-bond donors (Lipinski definition) is 1. The van der Waals surface area contributed by atoms with Gasteiger partial charge in [-0.05, 0) is 36.2 Å². The molecule has 0 radical (unpaired) electrons. The van der Waals surface area contributed by atoms with Gasteiger partial charge in [0.2, 0.25) is 0 Å². The summed E-state index contributed by atoms with van der Waals surface area (Å²) >= 11 is 5.86. The summed E-state index contributed by atoms with van der Waals surface area (Å²) in [4.78, 5) is 0. The lowest BCUT2D eigenvalue weighted by molar-refractivity contribution is 0.307. The number of benzene rings is 2. The van der Waals surface area contributed by atoms with Crippen LogP contribution < -0.4 is 10.5 Å². The summed E-state index contributed by atoms with van der Waals surface area (Å²) < 4.78 is 5.72. The number of rotatable bonds is 5. The molecule has 2 aromatic rings. The Hall–Kier alpha value is -1.67. The third kappa shape index (κ3) is 3.90. The molecule has 0 aromatic heterocycles. The van der Waals surface area contributed by atoms with Crippen LogP contribution in [0.2, 0.25) is 5.02 Å². The Morgan fingerprint density at radius 2 is 1.84 bits per heavy atom. The van der Waals surface area contributed by atoms with Crippen LogP contribution in [0.1, 0.15) is 24.5 Å². The SMILES string of the molecule is CCCc1ccc(OCc2ccc(Cl)cc2N)cc1. The number of aryl methyl sites for hydroxylation is 1. The van der Waals surface area contributed by atoms with Crippen LogP contribution in [0.15, 0.2) is 42.5 Å². The molecule has 0 fully saturated rings. The van der Waals surface area contributed by atoms with E-state index in [-0.39, 0.29) is 0 Å². The molecule has 2 aromatic carbocycles. The van der Waals surface area contributed by atoms with E-state index in [1.165, 1.54) is 5.56 Å². The minimum absolute atomic E-state index is 0.454. The Labute approximate surface area is 119 Å².